The van der Waals surface area contributed by atoms with Gasteiger partial charge in [-0.2, -0.15) is 0 Å². The topological polar surface area (TPSA) is 37.3 Å². The number of halogens is 2. The summed E-state index contributed by atoms with van der Waals surface area (Å²) in [5.41, 5.74) is 1.57. The molecule has 0 fully saturated rings. The Morgan fingerprint density at radius 3 is 1.61 bits per heavy atom. The second-order valence-corrected chi connectivity index (χ2v) is 6.30. The maximum atomic E-state index is 13.4. The van der Waals surface area contributed by atoms with Gasteiger partial charge < -0.3 is 5.11 Å². The molecule has 0 aliphatic carbocycles. The van der Waals surface area contributed by atoms with Crippen LogP contribution in [0.15, 0.2) is 30.3 Å². The molecule has 0 bridgehead atoms. The summed E-state index contributed by atoms with van der Waals surface area (Å²) in [6.45, 7) is 7.65. The first kappa shape index (κ1) is 17.1. The van der Waals surface area contributed by atoms with Crippen molar-refractivity contribution in [1.82, 2.24) is 0 Å². The summed E-state index contributed by atoms with van der Waals surface area (Å²) in [7, 11) is 0. The van der Waals surface area contributed by atoms with Crippen LogP contribution in [-0.4, -0.2) is 10.9 Å². The fraction of sp³-hybridized carbons (Fsp3) is 0.316. The lowest BCUT2D eigenvalue weighted by molar-refractivity contribution is 0.103. The molecule has 2 nitrogen and oxygen atoms in total. The van der Waals surface area contributed by atoms with Crippen LogP contribution < -0.4 is 0 Å². The van der Waals surface area contributed by atoms with Crippen molar-refractivity contribution in [3.05, 3.63) is 64.2 Å². The number of phenols is 1. The number of hydrogen-bond acceptors (Lipinski definition) is 2. The van der Waals surface area contributed by atoms with E-state index in [4.69, 9.17) is 0 Å². The molecule has 2 rings (SSSR count). The summed E-state index contributed by atoms with van der Waals surface area (Å²) < 4.78 is 26.7. The molecule has 0 aromatic heterocycles. The van der Waals surface area contributed by atoms with Gasteiger partial charge in [-0.3, -0.25) is 4.79 Å². The minimum absolute atomic E-state index is 0.0181. The van der Waals surface area contributed by atoms with E-state index in [0.717, 1.165) is 18.2 Å². The van der Waals surface area contributed by atoms with Crippen molar-refractivity contribution in [2.75, 3.05) is 0 Å². The lowest BCUT2D eigenvalue weighted by Crippen LogP contribution is -2.06. The molecule has 0 unspecified atom stereocenters. The molecule has 0 amide bonds. The van der Waals surface area contributed by atoms with E-state index in [2.05, 4.69) is 0 Å². The Morgan fingerprint density at radius 2 is 1.22 bits per heavy atom. The van der Waals surface area contributed by atoms with Crippen LogP contribution >= 0.6 is 0 Å². The Kier molecular flexibility index (Phi) is 4.83. The number of carbonyl (C=O) groups excluding carboxylic acids is 1. The van der Waals surface area contributed by atoms with Gasteiger partial charge in [0.05, 0.1) is 0 Å². The Bertz CT molecular complexity index is 700. The fourth-order valence-electron chi connectivity index (χ4n) is 2.54. The molecule has 2 aromatic rings. The first-order valence-corrected chi connectivity index (χ1v) is 7.58. The lowest BCUT2D eigenvalue weighted by atomic mass is 9.89. The smallest absolute Gasteiger partial charge is 0.193 e. The number of rotatable bonds is 4. The van der Waals surface area contributed by atoms with Crippen LogP contribution in [0.2, 0.25) is 0 Å². The monoisotopic (exact) mass is 318 g/mol. The summed E-state index contributed by atoms with van der Waals surface area (Å²) in [6.07, 6.45) is 0. The van der Waals surface area contributed by atoms with Crippen LogP contribution in [0.4, 0.5) is 8.78 Å². The van der Waals surface area contributed by atoms with E-state index < -0.39 is 17.4 Å². The molecule has 0 saturated carbocycles. The molecule has 122 valence electrons. The summed E-state index contributed by atoms with van der Waals surface area (Å²) in [5.74, 6) is -1.83. The van der Waals surface area contributed by atoms with Gasteiger partial charge in [0.1, 0.15) is 17.4 Å². The molecular weight excluding hydrogens is 298 g/mol. The van der Waals surface area contributed by atoms with E-state index in [1.165, 1.54) is 0 Å². The third kappa shape index (κ3) is 3.58. The summed E-state index contributed by atoms with van der Waals surface area (Å²) >= 11 is 0. The highest BCUT2D eigenvalue weighted by atomic mass is 19.1. The van der Waals surface area contributed by atoms with E-state index in [1.54, 1.807) is 12.1 Å². The number of aromatic hydroxyl groups is 1. The van der Waals surface area contributed by atoms with Crippen LogP contribution in [0.3, 0.4) is 0 Å². The van der Waals surface area contributed by atoms with Crippen molar-refractivity contribution in [2.45, 2.75) is 39.5 Å². The Labute approximate surface area is 134 Å². The van der Waals surface area contributed by atoms with Gasteiger partial charge in [0.15, 0.2) is 5.78 Å². The number of hydrogen-bond donors (Lipinski definition) is 1. The molecule has 0 heterocycles. The zero-order chi connectivity index (χ0) is 17.3. The highest BCUT2D eigenvalue weighted by Crippen LogP contribution is 2.35. The van der Waals surface area contributed by atoms with Crippen molar-refractivity contribution in [2.24, 2.45) is 0 Å². The largest absolute Gasteiger partial charge is 0.507 e. The molecule has 0 atom stereocenters. The molecule has 0 aliphatic heterocycles. The van der Waals surface area contributed by atoms with Crippen molar-refractivity contribution in [3.8, 4) is 5.75 Å². The fourth-order valence-corrected chi connectivity index (χ4v) is 2.54. The van der Waals surface area contributed by atoms with Crippen LogP contribution in [0.25, 0.3) is 0 Å². The van der Waals surface area contributed by atoms with Crippen molar-refractivity contribution in [3.63, 3.8) is 0 Å². The predicted molar refractivity (Wildman–Crippen MR) is 86.1 cm³/mol. The maximum Gasteiger partial charge on any atom is 0.193 e. The number of ketones is 1. The quantitative estimate of drug-likeness (QED) is 0.792. The average Bonchev–Trinajstić information content (AvgIpc) is 2.45. The second kappa shape index (κ2) is 6.49. The van der Waals surface area contributed by atoms with Gasteiger partial charge in [0, 0.05) is 17.2 Å². The van der Waals surface area contributed by atoms with Gasteiger partial charge in [0.2, 0.25) is 0 Å². The average molecular weight is 318 g/mol. The van der Waals surface area contributed by atoms with E-state index >= 15 is 0 Å². The minimum atomic E-state index is -0.791. The van der Waals surface area contributed by atoms with Gasteiger partial charge >= 0.3 is 0 Å². The van der Waals surface area contributed by atoms with Crippen LogP contribution in [-0.2, 0) is 0 Å². The molecular formula is C19H20F2O2. The normalized spacial score (nSPS) is 11.3. The summed E-state index contributed by atoms with van der Waals surface area (Å²) in [5, 5.41) is 10.4. The Balaban J connectivity index is 2.60. The second-order valence-electron chi connectivity index (χ2n) is 6.30. The first-order valence-electron chi connectivity index (χ1n) is 7.58. The summed E-state index contributed by atoms with van der Waals surface area (Å²) in [4.78, 5) is 12.6. The number of phenolic OH excluding ortho intramolecular Hbond substituents is 1. The highest BCUT2D eigenvalue weighted by molar-refractivity contribution is 6.09. The standard InChI is InChI=1S/C19H20F2O2/c1-10(2)16-7-13(8-17(11(3)4)19(16)23)18(22)12-5-14(20)9-15(21)6-12/h5-11,23H,1-4H3. The molecule has 2 aromatic carbocycles. The Morgan fingerprint density at radius 1 is 0.826 bits per heavy atom. The van der Waals surface area contributed by atoms with Crippen LogP contribution in [0.5, 0.6) is 5.75 Å². The van der Waals surface area contributed by atoms with Gasteiger partial charge in [-0.05, 0) is 47.2 Å². The Hall–Kier alpha value is -2.23. The molecule has 23 heavy (non-hydrogen) atoms. The zero-order valence-corrected chi connectivity index (χ0v) is 13.7. The van der Waals surface area contributed by atoms with Crippen molar-refractivity contribution < 1.29 is 18.7 Å². The molecule has 0 spiro atoms. The molecule has 0 aliphatic rings. The number of benzene rings is 2. The third-order valence-corrected chi connectivity index (χ3v) is 3.80. The van der Waals surface area contributed by atoms with E-state index in [9.17, 15) is 18.7 Å². The van der Waals surface area contributed by atoms with Gasteiger partial charge in [-0.25, -0.2) is 8.78 Å². The zero-order valence-electron chi connectivity index (χ0n) is 13.7. The maximum absolute atomic E-state index is 13.4. The lowest BCUT2D eigenvalue weighted by Gasteiger charge is -2.17. The SMILES string of the molecule is CC(C)c1cc(C(=O)c2cc(F)cc(F)c2)cc(C(C)C)c1O. The third-order valence-electron chi connectivity index (χ3n) is 3.80. The molecule has 4 heteroatoms. The van der Waals surface area contributed by atoms with Crippen molar-refractivity contribution in [1.29, 1.82) is 0 Å². The molecule has 0 radical (unpaired) electrons. The van der Waals surface area contributed by atoms with Crippen LogP contribution in [0, 0.1) is 11.6 Å². The van der Waals surface area contributed by atoms with E-state index in [1.807, 2.05) is 27.7 Å². The van der Waals surface area contributed by atoms with Crippen LogP contribution in [0.1, 0.15) is 66.6 Å². The number of carbonyl (C=O) groups is 1. The predicted octanol–water partition coefficient (Wildman–Crippen LogP) is 5.15. The van der Waals surface area contributed by atoms with Crippen molar-refractivity contribution >= 4 is 5.78 Å². The highest BCUT2D eigenvalue weighted by Gasteiger charge is 2.19. The van der Waals surface area contributed by atoms with E-state index in [0.29, 0.717) is 16.7 Å². The molecule has 1 N–H and O–H groups in total. The van der Waals surface area contributed by atoms with Gasteiger partial charge in [-0.15, -0.1) is 0 Å². The summed E-state index contributed by atoms with van der Waals surface area (Å²) in [6, 6.07) is 5.95. The van der Waals surface area contributed by atoms with E-state index in [-0.39, 0.29) is 23.1 Å². The molecule has 0 saturated heterocycles. The van der Waals surface area contributed by atoms with Gasteiger partial charge in [-0.1, -0.05) is 27.7 Å². The van der Waals surface area contributed by atoms with Gasteiger partial charge in [0.25, 0.3) is 0 Å². The first-order chi connectivity index (χ1) is 10.7. The minimum Gasteiger partial charge on any atom is -0.507 e.